The Morgan fingerprint density at radius 1 is 1.33 bits per heavy atom. The average Bonchev–Trinajstić information content (AvgIpc) is 3.27. The van der Waals surface area contributed by atoms with E-state index in [9.17, 15) is 9.18 Å². The summed E-state index contributed by atoms with van der Waals surface area (Å²) in [6.45, 7) is 3.30. The fourth-order valence-electron chi connectivity index (χ4n) is 2.47. The molecule has 3 rings (SSSR count). The van der Waals surface area contributed by atoms with Crippen LogP contribution in [0.15, 0.2) is 47.0 Å². The number of carbonyl (C=O) groups excluding carboxylic acids is 1. The number of aromatic nitrogens is 2. The lowest BCUT2D eigenvalue weighted by atomic mass is 10.3. The summed E-state index contributed by atoms with van der Waals surface area (Å²) < 4.78 is 25.9. The molecule has 1 N–H and O–H groups in total. The minimum absolute atomic E-state index is 0.0806. The highest BCUT2D eigenvalue weighted by atomic mass is 35.5. The van der Waals surface area contributed by atoms with E-state index < -0.39 is 5.82 Å². The van der Waals surface area contributed by atoms with Gasteiger partial charge in [-0.15, -0.1) is 0 Å². The summed E-state index contributed by atoms with van der Waals surface area (Å²) in [5.41, 5.74) is 1.08. The first-order valence-corrected chi connectivity index (χ1v) is 8.84. The molecule has 1 aromatic carbocycles. The molecule has 0 aliphatic carbocycles. The third kappa shape index (κ3) is 5.10. The number of amides is 1. The Balaban J connectivity index is 1.45. The van der Waals surface area contributed by atoms with Gasteiger partial charge in [-0.05, 0) is 49.7 Å². The lowest BCUT2D eigenvalue weighted by Crippen LogP contribution is -2.25. The van der Waals surface area contributed by atoms with Crippen LogP contribution in [0.3, 0.4) is 0 Å². The lowest BCUT2D eigenvalue weighted by molar-refractivity contribution is 0.0920. The fourth-order valence-corrected chi connectivity index (χ4v) is 2.69. The standard InChI is InChI=1S/C19H19ClFN3O3/c1-13-7-9-23-24(13)10-2-8-22-19(25)18-6-4-15(27-18)12-26-17-5-3-14(21)11-16(17)20/h3-7,9,11H,2,8,10,12H2,1H3,(H,22,25). The molecule has 0 radical (unpaired) electrons. The summed E-state index contributed by atoms with van der Waals surface area (Å²) >= 11 is 5.90. The van der Waals surface area contributed by atoms with Crippen LogP contribution in [0.1, 0.15) is 28.4 Å². The van der Waals surface area contributed by atoms with Crippen molar-refractivity contribution >= 4 is 17.5 Å². The van der Waals surface area contributed by atoms with E-state index >= 15 is 0 Å². The van der Waals surface area contributed by atoms with Gasteiger partial charge in [-0.25, -0.2) is 4.39 Å². The van der Waals surface area contributed by atoms with Crippen molar-refractivity contribution in [2.75, 3.05) is 6.54 Å². The highest BCUT2D eigenvalue weighted by Crippen LogP contribution is 2.25. The normalized spacial score (nSPS) is 10.8. The predicted molar refractivity (Wildman–Crippen MR) is 98.4 cm³/mol. The van der Waals surface area contributed by atoms with Crippen molar-refractivity contribution in [3.63, 3.8) is 0 Å². The third-order valence-electron chi connectivity index (χ3n) is 3.91. The van der Waals surface area contributed by atoms with Gasteiger partial charge in [0.25, 0.3) is 5.91 Å². The van der Waals surface area contributed by atoms with Gasteiger partial charge in [0.1, 0.15) is 23.9 Å². The van der Waals surface area contributed by atoms with Gasteiger partial charge < -0.3 is 14.5 Å². The van der Waals surface area contributed by atoms with E-state index in [-0.39, 0.29) is 23.3 Å². The number of rotatable bonds is 8. The molecule has 2 heterocycles. The molecule has 142 valence electrons. The lowest BCUT2D eigenvalue weighted by Gasteiger charge is -2.06. The number of ether oxygens (including phenoxy) is 1. The van der Waals surface area contributed by atoms with E-state index in [0.29, 0.717) is 18.1 Å². The largest absolute Gasteiger partial charge is 0.484 e. The summed E-state index contributed by atoms with van der Waals surface area (Å²) in [6.07, 6.45) is 2.51. The molecule has 1 amide bonds. The molecule has 0 aliphatic rings. The van der Waals surface area contributed by atoms with Gasteiger partial charge in [-0.3, -0.25) is 9.48 Å². The Kier molecular flexibility index (Phi) is 6.13. The highest BCUT2D eigenvalue weighted by Gasteiger charge is 2.12. The van der Waals surface area contributed by atoms with Crippen molar-refractivity contribution in [2.45, 2.75) is 26.5 Å². The van der Waals surface area contributed by atoms with Crippen molar-refractivity contribution in [3.05, 3.63) is 70.6 Å². The zero-order chi connectivity index (χ0) is 19.2. The fraction of sp³-hybridized carbons (Fsp3) is 0.263. The molecule has 0 atom stereocenters. The van der Waals surface area contributed by atoms with Gasteiger partial charge in [0.15, 0.2) is 5.76 Å². The van der Waals surface area contributed by atoms with Gasteiger partial charge in [-0.2, -0.15) is 5.10 Å². The van der Waals surface area contributed by atoms with Crippen molar-refractivity contribution in [1.29, 1.82) is 0 Å². The molecule has 8 heteroatoms. The number of aryl methyl sites for hydroxylation is 2. The molecule has 0 aliphatic heterocycles. The predicted octanol–water partition coefficient (Wildman–Crippen LogP) is 3.98. The van der Waals surface area contributed by atoms with E-state index in [2.05, 4.69) is 10.4 Å². The summed E-state index contributed by atoms with van der Waals surface area (Å²) in [5, 5.41) is 7.17. The molecule has 27 heavy (non-hydrogen) atoms. The van der Waals surface area contributed by atoms with Gasteiger partial charge in [0, 0.05) is 25.0 Å². The molecule has 0 bridgehead atoms. The van der Waals surface area contributed by atoms with Crippen LogP contribution >= 0.6 is 11.6 Å². The molecule has 0 unspecified atom stereocenters. The van der Waals surface area contributed by atoms with Crippen LogP contribution in [0, 0.1) is 12.7 Å². The first kappa shape index (κ1) is 19.0. The number of nitrogens with zero attached hydrogens (tertiary/aromatic N) is 2. The van der Waals surface area contributed by atoms with Gasteiger partial charge in [-0.1, -0.05) is 11.6 Å². The van der Waals surface area contributed by atoms with E-state index in [4.69, 9.17) is 20.8 Å². The molecule has 3 aromatic rings. The van der Waals surface area contributed by atoms with Gasteiger partial charge in [0.05, 0.1) is 5.02 Å². The van der Waals surface area contributed by atoms with E-state index in [1.807, 2.05) is 17.7 Å². The quantitative estimate of drug-likeness (QED) is 0.590. The Bertz CT molecular complexity index is 923. The second kappa shape index (κ2) is 8.73. The second-order valence-electron chi connectivity index (χ2n) is 5.93. The average molecular weight is 392 g/mol. The molecule has 0 spiro atoms. The first-order valence-electron chi connectivity index (χ1n) is 8.46. The van der Waals surface area contributed by atoms with Crippen LogP contribution < -0.4 is 10.1 Å². The monoisotopic (exact) mass is 391 g/mol. The van der Waals surface area contributed by atoms with Crippen LogP contribution in [0.25, 0.3) is 0 Å². The zero-order valence-electron chi connectivity index (χ0n) is 14.7. The summed E-state index contributed by atoms with van der Waals surface area (Å²) in [5.74, 6) is 0.279. The first-order chi connectivity index (χ1) is 13.0. The Morgan fingerprint density at radius 3 is 2.93 bits per heavy atom. The maximum absolute atomic E-state index is 13.0. The van der Waals surface area contributed by atoms with Crippen LogP contribution in [-0.4, -0.2) is 22.2 Å². The minimum Gasteiger partial charge on any atom is -0.484 e. The summed E-state index contributed by atoms with van der Waals surface area (Å²) in [7, 11) is 0. The van der Waals surface area contributed by atoms with Gasteiger partial charge >= 0.3 is 0 Å². The third-order valence-corrected chi connectivity index (χ3v) is 4.21. The number of benzene rings is 1. The van der Waals surface area contributed by atoms with Crippen LogP contribution in [-0.2, 0) is 13.2 Å². The van der Waals surface area contributed by atoms with Crippen molar-refractivity contribution in [3.8, 4) is 5.75 Å². The molecular weight excluding hydrogens is 373 g/mol. The second-order valence-corrected chi connectivity index (χ2v) is 6.34. The molecule has 0 saturated carbocycles. The SMILES string of the molecule is Cc1ccnn1CCCNC(=O)c1ccc(COc2ccc(F)cc2Cl)o1. The topological polar surface area (TPSA) is 69.3 Å². The number of nitrogens with one attached hydrogen (secondary N) is 1. The molecule has 6 nitrogen and oxygen atoms in total. The number of furan rings is 1. The van der Waals surface area contributed by atoms with E-state index in [1.165, 1.54) is 18.2 Å². The number of carbonyl (C=O) groups is 1. The molecule has 2 aromatic heterocycles. The Labute approximate surface area is 160 Å². The van der Waals surface area contributed by atoms with E-state index in [1.54, 1.807) is 18.3 Å². The number of hydrogen-bond donors (Lipinski definition) is 1. The van der Waals surface area contributed by atoms with Crippen LogP contribution in [0.5, 0.6) is 5.75 Å². The minimum atomic E-state index is -0.438. The Morgan fingerprint density at radius 2 is 2.19 bits per heavy atom. The molecule has 0 saturated heterocycles. The van der Waals surface area contributed by atoms with Crippen molar-refractivity contribution in [1.82, 2.24) is 15.1 Å². The maximum Gasteiger partial charge on any atom is 0.286 e. The summed E-state index contributed by atoms with van der Waals surface area (Å²) in [6, 6.07) is 9.03. The van der Waals surface area contributed by atoms with Crippen molar-refractivity contribution < 1.29 is 18.3 Å². The van der Waals surface area contributed by atoms with E-state index in [0.717, 1.165) is 18.7 Å². The number of hydrogen-bond acceptors (Lipinski definition) is 4. The van der Waals surface area contributed by atoms with Crippen LogP contribution in [0.4, 0.5) is 4.39 Å². The number of halogens is 2. The maximum atomic E-state index is 13.0. The smallest absolute Gasteiger partial charge is 0.286 e. The van der Waals surface area contributed by atoms with Gasteiger partial charge in [0.2, 0.25) is 0 Å². The summed E-state index contributed by atoms with van der Waals surface area (Å²) in [4.78, 5) is 12.1. The Hall–Kier alpha value is -2.80. The highest BCUT2D eigenvalue weighted by molar-refractivity contribution is 6.32. The molecule has 0 fully saturated rings. The zero-order valence-corrected chi connectivity index (χ0v) is 15.5. The van der Waals surface area contributed by atoms with Crippen molar-refractivity contribution in [2.24, 2.45) is 0 Å². The van der Waals surface area contributed by atoms with Crippen LogP contribution in [0.2, 0.25) is 5.02 Å². The molecular formula is C19H19ClFN3O3.